The van der Waals surface area contributed by atoms with Gasteiger partial charge in [0.25, 0.3) is 5.56 Å². The highest BCUT2D eigenvalue weighted by Gasteiger charge is 2.16. The van der Waals surface area contributed by atoms with Crippen molar-refractivity contribution in [3.05, 3.63) is 82.4 Å². The highest BCUT2D eigenvalue weighted by molar-refractivity contribution is 5.76. The fourth-order valence-corrected chi connectivity index (χ4v) is 4.01. The van der Waals surface area contributed by atoms with Crippen molar-refractivity contribution in [1.29, 1.82) is 0 Å². The van der Waals surface area contributed by atoms with Crippen LogP contribution < -0.4 is 10.9 Å². The summed E-state index contributed by atoms with van der Waals surface area (Å²) in [6.45, 7) is 4.32. The maximum Gasteiger partial charge on any atom is 0.294 e. The van der Waals surface area contributed by atoms with E-state index in [0.29, 0.717) is 55.3 Å². The summed E-state index contributed by atoms with van der Waals surface area (Å²) in [5.41, 5.74) is 2.36. The lowest BCUT2D eigenvalue weighted by atomic mass is 10.1. The van der Waals surface area contributed by atoms with E-state index >= 15 is 0 Å². The zero-order valence-corrected chi connectivity index (χ0v) is 19.0. The molecular weight excluding hydrogens is 454 g/mol. The number of halogens is 2. The number of benzene rings is 1. The quantitative estimate of drug-likeness (QED) is 0.437. The molecule has 1 N–H and O–H groups in total. The first kappa shape index (κ1) is 23.0. The standard InChI is InChI=1S/C25H24F2N6O2/c26-19-4-3-18(14-20(19)27)21-5-6-22-24(31-21)33(9-8-32-10-12-35-13-11-32)25(34)23(30-22)29-16-17-2-1-7-28-15-17/h1-7,14-15H,8-13,16H2,(H,29,30). The molecule has 3 aromatic heterocycles. The number of pyridine rings is 2. The Bertz CT molecular complexity index is 1390. The second-order valence-electron chi connectivity index (χ2n) is 8.25. The summed E-state index contributed by atoms with van der Waals surface area (Å²) in [5, 5.41) is 3.12. The van der Waals surface area contributed by atoms with Gasteiger partial charge in [0.05, 0.1) is 18.9 Å². The third kappa shape index (κ3) is 5.18. The SMILES string of the molecule is O=c1c(NCc2cccnc2)nc2ccc(-c3ccc(F)c(F)c3)nc2n1CCN1CCOCC1. The van der Waals surface area contributed by atoms with Gasteiger partial charge in [0.1, 0.15) is 5.52 Å². The number of aromatic nitrogens is 4. The molecule has 4 aromatic rings. The zero-order chi connectivity index (χ0) is 24.2. The van der Waals surface area contributed by atoms with E-state index in [1.165, 1.54) is 6.07 Å². The first-order valence-electron chi connectivity index (χ1n) is 11.4. The summed E-state index contributed by atoms with van der Waals surface area (Å²) in [5.74, 6) is -1.67. The monoisotopic (exact) mass is 478 g/mol. The number of ether oxygens (including phenoxy) is 1. The first-order valence-corrected chi connectivity index (χ1v) is 11.4. The van der Waals surface area contributed by atoms with Crippen LogP contribution in [0.1, 0.15) is 5.56 Å². The third-order valence-corrected chi connectivity index (χ3v) is 5.93. The minimum Gasteiger partial charge on any atom is -0.379 e. The van der Waals surface area contributed by atoms with Crippen molar-refractivity contribution in [1.82, 2.24) is 24.4 Å². The minimum atomic E-state index is -0.956. The van der Waals surface area contributed by atoms with E-state index in [2.05, 4.69) is 25.2 Å². The molecule has 0 radical (unpaired) electrons. The van der Waals surface area contributed by atoms with Crippen molar-refractivity contribution in [2.75, 3.05) is 38.2 Å². The number of hydrogen-bond acceptors (Lipinski definition) is 7. The van der Waals surface area contributed by atoms with E-state index in [0.717, 1.165) is 30.8 Å². The predicted octanol–water partition coefficient (Wildman–Crippen LogP) is 3.08. The lowest BCUT2D eigenvalue weighted by Crippen LogP contribution is -2.39. The van der Waals surface area contributed by atoms with Crippen LogP contribution in [0.4, 0.5) is 14.6 Å². The van der Waals surface area contributed by atoms with Crippen molar-refractivity contribution in [3.63, 3.8) is 0 Å². The number of nitrogens with one attached hydrogen (secondary N) is 1. The van der Waals surface area contributed by atoms with Crippen LogP contribution in [0.2, 0.25) is 0 Å². The fraction of sp³-hybridized carbons (Fsp3) is 0.280. The van der Waals surface area contributed by atoms with E-state index in [4.69, 9.17) is 4.74 Å². The molecule has 4 heterocycles. The Kier molecular flexibility index (Phi) is 6.73. The highest BCUT2D eigenvalue weighted by atomic mass is 19.2. The summed E-state index contributed by atoms with van der Waals surface area (Å²) in [4.78, 5) is 28.9. The summed E-state index contributed by atoms with van der Waals surface area (Å²) in [6, 6.07) is 10.8. The van der Waals surface area contributed by atoms with Crippen LogP contribution in [0.25, 0.3) is 22.4 Å². The van der Waals surface area contributed by atoms with E-state index in [1.54, 1.807) is 29.1 Å². The molecule has 1 aliphatic heterocycles. The third-order valence-electron chi connectivity index (χ3n) is 5.93. The largest absolute Gasteiger partial charge is 0.379 e. The number of anilines is 1. The summed E-state index contributed by atoms with van der Waals surface area (Å²) >= 11 is 0. The van der Waals surface area contributed by atoms with Crippen molar-refractivity contribution < 1.29 is 13.5 Å². The van der Waals surface area contributed by atoms with E-state index in [9.17, 15) is 13.6 Å². The van der Waals surface area contributed by atoms with Gasteiger partial charge in [0.2, 0.25) is 0 Å². The van der Waals surface area contributed by atoms with Gasteiger partial charge in [0, 0.05) is 50.7 Å². The number of hydrogen-bond donors (Lipinski definition) is 1. The lowest BCUT2D eigenvalue weighted by Gasteiger charge is -2.27. The smallest absolute Gasteiger partial charge is 0.294 e. The number of nitrogens with zero attached hydrogens (tertiary/aromatic N) is 5. The second-order valence-corrected chi connectivity index (χ2v) is 8.25. The van der Waals surface area contributed by atoms with Crippen LogP contribution >= 0.6 is 0 Å². The van der Waals surface area contributed by atoms with Gasteiger partial charge < -0.3 is 10.1 Å². The van der Waals surface area contributed by atoms with Gasteiger partial charge in [-0.1, -0.05) is 6.07 Å². The topological polar surface area (TPSA) is 85.2 Å². The van der Waals surface area contributed by atoms with Crippen LogP contribution in [-0.4, -0.2) is 57.3 Å². The molecule has 0 atom stereocenters. The second kappa shape index (κ2) is 10.2. The molecule has 1 fully saturated rings. The molecule has 1 aliphatic rings. The molecular formula is C25H24F2N6O2. The molecule has 35 heavy (non-hydrogen) atoms. The Morgan fingerprint density at radius 3 is 2.63 bits per heavy atom. The average molecular weight is 479 g/mol. The average Bonchev–Trinajstić information content (AvgIpc) is 2.89. The molecule has 5 rings (SSSR count). The van der Waals surface area contributed by atoms with Gasteiger partial charge in [0.15, 0.2) is 23.1 Å². The molecule has 1 aromatic carbocycles. The normalized spacial score (nSPS) is 14.3. The molecule has 0 unspecified atom stereocenters. The van der Waals surface area contributed by atoms with Crippen LogP contribution in [0.5, 0.6) is 0 Å². The van der Waals surface area contributed by atoms with Crippen molar-refractivity contribution in [2.24, 2.45) is 0 Å². The lowest BCUT2D eigenvalue weighted by molar-refractivity contribution is 0.0364. The van der Waals surface area contributed by atoms with Crippen LogP contribution in [0.15, 0.2) is 59.7 Å². The van der Waals surface area contributed by atoms with Crippen molar-refractivity contribution in [2.45, 2.75) is 13.1 Å². The van der Waals surface area contributed by atoms with E-state index in [1.807, 2.05) is 12.1 Å². The Labute approximate surface area is 200 Å². The zero-order valence-electron chi connectivity index (χ0n) is 19.0. The molecule has 1 saturated heterocycles. The molecule has 180 valence electrons. The van der Waals surface area contributed by atoms with Crippen LogP contribution in [0.3, 0.4) is 0 Å². The van der Waals surface area contributed by atoms with Crippen molar-refractivity contribution >= 4 is 17.0 Å². The maximum atomic E-state index is 13.8. The van der Waals surface area contributed by atoms with Gasteiger partial charge >= 0.3 is 0 Å². The fourth-order valence-electron chi connectivity index (χ4n) is 4.01. The molecule has 0 bridgehead atoms. The molecule has 10 heteroatoms. The Hall–Kier alpha value is -3.76. The van der Waals surface area contributed by atoms with E-state index in [-0.39, 0.29) is 11.4 Å². The number of morpholine rings is 1. The summed E-state index contributed by atoms with van der Waals surface area (Å²) in [6.07, 6.45) is 3.41. The molecule has 0 aliphatic carbocycles. The number of rotatable bonds is 7. The van der Waals surface area contributed by atoms with Gasteiger partial charge in [-0.05, 0) is 42.0 Å². The van der Waals surface area contributed by atoms with Gasteiger partial charge in [-0.3, -0.25) is 19.2 Å². The Morgan fingerprint density at radius 2 is 1.86 bits per heavy atom. The number of fused-ring (bicyclic) bond motifs is 1. The summed E-state index contributed by atoms with van der Waals surface area (Å²) in [7, 11) is 0. The van der Waals surface area contributed by atoms with Gasteiger partial charge in [-0.2, -0.15) is 0 Å². The van der Waals surface area contributed by atoms with Gasteiger partial charge in [-0.25, -0.2) is 18.7 Å². The maximum absolute atomic E-state index is 13.8. The molecule has 0 spiro atoms. The van der Waals surface area contributed by atoms with E-state index < -0.39 is 11.6 Å². The van der Waals surface area contributed by atoms with Crippen LogP contribution in [0, 0.1) is 11.6 Å². The Morgan fingerprint density at radius 1 is 1.00 bits per heavy atom. The molecule has 8 nitrogen and oxygen atoms in total. The van der Waals surface area contributed by atoms with Gasteiger partial charge in [-0.15, -0.1) is 0 Å². The summed E-state index contributed by atoms with van der Waals surface area (Å²) < 4.78 is 34.3. The minimum absolute atomic E-state index is 0.214. The Balaban J connectivity index is 1.52. The molecule has 0 saturated carbocycles. The first-order chi connectivity index (χ1) is 17.1. The van der Waals surface area contributed by atoms with Crippen molar-refractivity contribution in [3.8, 4) is 11.3 Å². The predicted molar refractivity (Wildman–Crippen MR) is 128 cm³/mol. The van der Waals surface area contributed by atoms with Crippen LogP contribution in [-0.2, 0) is 17.8 Å². The molecule has 0 amide bonds. The highest BCUT2D eigenvalue weighted by Crippen LogP contribution is 2.22.